The number of nitrogens with two attached hydrogens (primary N) is 2. The van der Waals surface area contributed by atoms with E-state index in [9.17, 15) is 18.0 Å². The lowest BCUT2D eigenvalue weighted by atomic mass is 9.95. The summed E-state index contributed by atoms with van der Waals surface area (Å²) < 4.78 is 23.0. The lowest BCUT2D eigenvalue weighted by Crippen LogP contribution is -2.68. The Morgan fingerprint density at radius 3 is 2.32 bits per heavy atom. The lowest BCUT2D eigenvalue weighted by molar-refractivity contribution is -0.123. The molecule has 1 aliphatic carbocycles. The van der Waals surface area contributed by atoms with Gasteiger partial charge in [-0.1, -0.05) is 6.08 Å². The maximum atomic E-state index is 11.5. The molecule has 0 aromatic carbocycles. The Kier molecular flexibility index (Phi) is 4.13. The average Bonchev–Trinajstić information content (AvgIpc) is 2.17. The molecule has 2 atom stereocenters. The van der Waals surface area contributed by atoms with Crippen molar-refractivity contribution < 1.29 is 18.0 Å². The Labute approximate surface area is 111 Å². The Balaban J connectivity index is 3.28. The van der Waals surface area contributed by atoms with Crippen LogP contribution in [0, 0.1) is 0 Å². The second-order valence-corrected chi connectivity index (χ2v) is 5.78. The zero-order chi connectivity index (χ0) is 14.8. The van der Waals surface area contributed by atoms with Crippen LogP contribution >= 0.6 is 0 Å². The number of nitrogens with one attached hydrogen (secondary N) is 2. The fraction of sp³-hybridized carbons (Fsp3) is 0.400. The van der Waals surface area contributed by atoms with Crippen LogP contribution in [0.15, 0.2) is 23.1 Å². The summed E-state index contributed by atoms with van der Waals surface area (Å²) in [4.78, 5) is 22.1. The summed E-state index contributed by atoms with van der Waals surface area (Å²) in [5.74, 6) is -0.979. The van der Waals surface area contributed by atoms with Crippen LogP contribution in [0.2, 0.25) is 0 Å². The van der Waals surface area contributed by atoms with Crippen molar-refractivity contribution in [3.8, 4) is 0 Å². The first-order valence-corrected chi connectivity index (χ1v) is 6.88. The van der Waals surface area contributed by atoms with Crippen molar-refractivity contribution in [2.24, 2.45) is 10.9 Å². The number of carbonyl (C=O) groups excluding carboxylic acids is 2. The van der Waals surface area contributed by atoms with E-state index in [1.807, 2.05) is 0 Å². The molecule has 1 aliphatic rings. The van der Waals surface area contributed by atoms with Gasteiger partial charge in [-0.2, -0.15) is 0 Å². The normalized spacial score (nSPS) is 26.5. The minimum absolute atomic E-state index is 0.276. The van der Waals surface area contributed by atoms with Crippen LogP contribution in [0.5, 0.6) is 0 Å². The first-order chi connectivity index (χ1) is 8.56. The van der Waals surface area contributed by atoms with Crippen molar-refractivity contribution in [2.75, 3.05) is 0 Å². The van der Waals surface area contributed by atoms with E-state index in [1.165, 1.54) is 32.1 Å². The SMILES string of the molecule is CC(=O)NC1C(S(N)(=O)=O)=CC=CC1(N)NC(C)=O. The minimum Gasteiger partial charge on any atom is -0.345 e. The number of rotatable bonds is 3. The number of primary sulfonamides is 1. The van der Waals surface area contributed by atoms with E-state index in [4.69, 9.17) is 10.9 Å². The maximum absolute atomic E-state index is 11.5. The van der Waals surface area contributed by atoms with Gasteiger partial charge >= 0.3 is 0 Å². The molecule has 0 bridgehead atoms. The highest BCUT2D eigenvalue weighted by Crippen LogP contribution is 2.22. The predicted molar refractivity (Wildman–Crippen MR) is 68.7 cm³/mol. The third kappa shape index (κ3) is 3.63. The standard InChI is InChI=1S/C10H16N4O4S/c1-6(15)13-9-8(19(12,17)18)4-3-5-10(9,11)14-7(2)16/h3-5,9H,11H2,1-2H3,(H,13,15)(H,14,16)(H2,12,17,18). The monoisotopic (exact) mass is 288 g/mol. The summed E-state index contributed by atoms with van der Waals surface area (Å²) >= 11 is 0. The van der Waals surface area contributed by atoms with Crippen LogP contribution in [-0.2, 0) is 19.6 Å². The zero-order valence-electron chi connectivity index (χ0n) is 10.5. The molecular weight excluding hydrogens is 272 g/mol. The van der Waals surface area contributed by atoms with Crippen molar-refractivity contribution in [1.29, 1.82) is 0 Å². The topological polar surface area (TPSA) is 144 Å². The molecule has 0 aliphatic heterocycles. The van der Waals surface area contributed by atoms with E-state index in [2.05, 4.69) is 10.6 Å². The van der Waals surface area contributed by atoms with Gasteiger partial charge in [0.05, 0.1) is 4.91 Å². The van der Waals surface area contributed by atoms with Crippen molar-refractivity contribution in [3.63, 3.8) is 0 Å². The summed E-state index contributed by atoms with van der Waals surface area (Å²) in [6, 6.07) is -1.17. The van der Waals surface area contributed by atoms with Gasteiger partial charge in [-0.05, 0) is 12.2 Å². The Morgan fingerprint density at radius 2 is 1.89 bits per heavy atom. The molecular formula is C10H16N4O4S. The maximum Gasteiger partial charge on any atom is 0.236 e. The van der Waals surface area contributed by atoms with Crippen molar-refractivity contribution >= 4 is 21.8 Å². The first kappa shape index (κ1) is 15.3. The van der Waals surface area contributed by atoms with Gasteiger partial charge in [0.1, 0.15) is 11.7 Å². The average molecular weight is 288 g/mol. The highest BCUT2D eigenvalue weighted by Gasteiger charge is 2.42. The summed E-state index contributed by atoms with van der Waals surface area (Å²) in [7, 11) is -4.06. The molecule has 0 aromatic heterocycles. The van der Waals surface area contributed by atoms with Gasteiger partial charge in [0.25, 0.3) is 0 Å². The van der Waals surface area contributed by atoms with Crippen molar-refractivity contribution in [3.05, 3.63) is 23.1 Å². The van der Waals surface area contributed by atoms with Crippen LogP contribution in [0.1, 0.15) is 13.8 Å². The Morgan fingerprint density at radius 1 is 1.32 bits per heavy atom. The third-order valence-corrected chi connectivity index (χ3v) is 3.49. The summed E-state index contributed by atoms with van der Waals surface area (Å²) in [5, 5.41) is 9.85. The highest BCUT2D eigenvalue weighted by molar-refractivity contribution is 7.93. The molecule has 0 heterocycles. The van der Waals surface area contributed by atoms with Gasteiger partial charge in [-0.3, -0.25) is 9.59 Å². The molecule has 0 radical (unpaired) electrons. The highest BCUT2D eigenvalue weighted by atomic mass is 32.2. The van der Waals surface area contributed by atoms with E-state index in [0.717, 1.165) is 0 Å². The van der Waals surface area contributed by atoms with E-state index >= 15 is 0 Å². The van der Waals surface area contributed by atoms with Gasteiger partial charge in [-0.25, -0.2) is 13.6 Å². The molecule has 19 heavy (non-hydrogen) atoms. The zero-order valence-corrected chi connectivity index (χ0v) is 11.3. The van der Waals surface area contributed by atoms with E-state index < -0.39 is 33.5 Å². The fourth-order valence-electron chi connectivity index (χ4n) is 1.80. The van der Waals surface area contributed by atoms with Crippen LogP contribution in [-0.4, -0.2) is 31.9 Å². The Bertz CT molecular complexity index is 566. The lowest BCUT2D eigenvalue weighted by Gasteiger charge is -2.38. The smallest absolute Gasteiger partial charge is 0.236 e. The van der Waals surface area contributed by atoms with Crippen LogP contribution in [0.3, 0.4) is 0 Å². The largest absolute Gasteiger partial charge is 0.345 e. The first-order valence-electron chi connectivity index (χ1n) is 5.33. The van der Waals surface area contributed by atoms with Crippen LogP contribution < -0.4 is 21.5 Å². The number of hydrogen-bond acceptors (Lipinski definition) is 5. The number of hydrogen-bond donors (Lipinski definition) is 4. The van der Waals surface area contributed by atoms with E-state index in [-0.39, 0.29) is 4.91 Å². The second-order valence-electron chi connectivity index (χ2n) is 4.22. The van der Waals surface area contributed by atoms with Gasteiger partial charge in [0.2, 0.25) is 21.8 Å². The van der Waals surface area contributed by atoms with Crippen molar-refractivity contribution in [2.45, 2.75) is 25.6 Å². The molecule has 0 spiro atoms. The molecule has 9 heteroatoms. The van der Waals surface area contributed by atoms with Gasteiger partial charge in [-0.15, -0.1) is 0 Å². The molecule has 0 fully saturated rings. The van der Waals surface area contributed by atoms with E-state index in [0.29, 0.717) is 0 Å². The van der Waals surface area contributed by atoms with E-state index in [1.54, 1.807) is 0 Å². The quantitative estimate of drug-likeness (QED) is 0.445. The van der Waals surface area contributed by atoms with Crippen LogP contribution in [0.4, 0.5) is 0 Å². The molecule has 2 unspecified atom stereocenters. The molecule has 0 saturated carbocycles. The number of allylic oxidation sites excluding steroid dienone is 2. The molecule has 2 amide bonds. The fourth-order valence-corrected chi connectivity index (χ4v) is 2.65. The molecule has 0 saturated heterocycles. The second kappa shape index (κ2) is 5.11. The third-order valence-electron chi connectivity index (χ3n) is 2.46. The van der Waals surface area contributed by atoms with Crippen molar-refractivity contribution in [1.82, 2.24) is 10.6 Å². The number of carbonyl (C=O) groups is 2. The van der Waals surface area contributed by atoms with Gasteiger partial charge < -0.3 is 16.4 Å². The van der Waals surface area contributed by atoms with Crippen LogP contribution in [0.25, 0.3) is 0 Å². The summed E-state index contributed by atoms with van der Waals surface area (Å²) in [6.07, 6.45) is 3.96. The van der Waals surface area contributed by atoms with Gasteiger partial charge in [0, 0.05) is 13.8 Å². The molecule has 106 valence electrons. The molecule has 0 aromatic rings. The summed E-state index contributed by atoms with van der Waals surface area (Å²) in [5.41, 5.74) is 4.38. The number of sulfonamides is 1. The minimum atomic E-state index is -4.06. The number of amides is 2. The molecule has 6 N–H and O–H groups in total. The predicted octanol–water partition coefficient (Wildman–Crippen LogP) is -1.98. The summed E-state index contributed by atoms with van der Waals surface area (Å²) in [6.45, 7) is 2.43. The molecule has 1 rings (SSSR count). The Hall–Kier alpha value is -1.71. The molecule has 8 nitrogen and oxygen atoms in total. The van der Waals surface area contributed by atoms with Gasteiger partial charge in [0.15, 0.2) is 0 Å².